The number of hydrogen-bond acceptors (Lipinski definition) is 2. The van der Waals surface area contributed by atoms with Crippen LogP contribution in [0.5, 0.6) is 0 Å². The van der Waals surface area contributed by atoms with Crippen LogP contribution in [-0.2, 0) is 0 Å². The number of carbonyl (C=O) groups excluding carboxylic acids is 1. The highest BCUT2D eigenvalue weighted by Crippen LogP contribution is 2.19. The van der Waals surface area contributed by atoms with Gasteiger partial charge in [0.25, 0.3) is 5.91 Å². The number of amides is 1. The van der Waals surface area contributed by atoms with Crippen molar-refractivity contribution in [1.82, 2.24) is 4.90 Å². The van der Waals surface area contributed by atoms with Gasteiger partial charge in [0.05, 0.1) is 23.1 Å². The third-order valence-electron chi connectivity index (χ3n) is 2.52. The molecule has 0 aromatic heterocycles. The summed E-state index contributed by atoms with van der Waals surface area (Å²) in [6, 6.07) is 7.40. The van der Waals surface area contributed by atoms with Gasteiger partial charge in [-0.2, -0.15) is 5.26 Å². The molecule has 0 aliphatic carbocycles. The molecule has 0 N–H and O–H groups in total. The predicted octanol–water partition coefficient (Wildman–Crippen LogP) is 3.02. The molecule has 0 fully saturated rings. The highest BCUT2D eigenvalue weighted by atomic mass is 35.5. The number of aryl methyl sites for hydroxylation is 1. The molecule has 0 saturated heterocycles. The molecule has 0 saturated carbocycles. The molecule has 0 heterocycles. The molecular formula is C13H15ClN2O. The van der Waals surface area contributed by atoms with E-state index >= 15 is 0 Å². The third kappa shape index (κ3) is 3.47. The summed E-state index contributed by atoms with van der Waals surface area (Å²) in [4.78, 5) is 13.8. The van der Waals surface area contributed by atoms with Crippen LogP contribution < -0.4 is 0 Å². The fourth-order valence-corrected chi connectivity index (χ4v) is 1.87. The Morgan fingerprint density at radius 3 is 2.76 bits per heavy atom. The topological polar surface area (TPSA) is 44.1 Å². The molecule has 0 radical (unpaired) electrons. The van der Waals surface area contributed by atoms with E-state index < -0.39 is 0 Å². The summed E-state index contributed by atoms with van der Waals surface area (Å²) in [7, 11) is 0. The lowest BCUT2D eigenvalue weighted by Crippen LogP contribution is -2.31. The van der Waals surface area contributed by atoms with Crippen LogP contribution in [0.15, 0.2) is 18.2 Å². The van der Waals surface area contributed by atoms with Crippen molar-refractivity contribution in [2.75, 3.05) is 13.1 Å². The quantitative estimate of drug-likeness (QED) is 0.825. The van der Waals surface area contributed by atoms with E-state index in [0.717, 1.165) is 5.56 Å². The van der Waals surface area contributed by atoms with Gasteiger partial charge in [-0.1, -0.05) is 17.7 Å². The van der Waals surface area contributed by atoms with Gasteiger partial charge >= 0.3 is 0 Å². The summed E-state index contributed by atoms with van der Waals surface area (Å²) in [5, 5.41) is 9.00. The summed E-state index contributed by atoms with van der Waals surface area (Å²) in [5.74, 6) is -0.118. The molecule has 3 nitrogen and oxygen atoms in total. The van der Waals surface area contributed by atoms with Gasteiger partial charge in [0.2, 0.25) is 0 Å². The zero-order valence-corrected chi connectivity index (χ0v) is 10.8. The molecule has 1 aromatic rings. The van der Waals surface area contributed by atoms with Crippen LogP contribution >= 0.6 is 11.6 Å². The fourth-order valence-electron chi connectivity index (χ4n) is 1.55. The van der Waals surface area contributed by atoms with Gasteiger partial charge in [0.1, 0.15) is 0 Å². The molecule has 1 amide bonds. The molecule has 90 valence electrons. The number of rotatable bonds is 4. The number of benzene rings is 1. The van der Waals surface area contributed by atoms with E-state index in [1.807, 2.05) is 26.0 Å². The summed E-state index contributed by atoms with van der Waals surface area (Å²) in [6.07, 6.45) is 0.336. The smallest absolute Gasteiger partial charge is 0.255 e. The van der Waals surface area contributed by atoms with Crippen LogP contribution in [-0.4, -0.2) is 23.9 Å². The SMILES string of the molecule is CCN(CCC#N)C(=O)c1ccc(C)cc1Cl. The molecule has 0 aliphatic rings. The first-order valence-corrected chi connectivity index (χ1v) is 5.90. The Kier molecular flexibility index (Phi) is 4.99. The summed E-state index contributed by atoms with van der Waals surface area (Å²) < 4.78 is 0. The number of nitriles is 1. The van der Waals surface area contributed by atoms with Crippen molar-refractivity contribution in [3.8, 4) is 6.07 Å². The van der Waals surface area contributed by atoms with Gasteiger partial charge in [0, 0.05) is 13.1 Å². The van der Waals surface area contributed by atoms with Crippen LogP contribution in [0.2, 0.25) is 5.02 Å². The van der Waals surface area contributed by atoms with Crippen molar-refractivity contribution in [2.45, 2.75) is 20.3 Å². The minimum Gasteiger partial charge on any atom is -0.338 e. The number of halogens is 1. The third-order valence-corrected chi connectivity index (χ3v) is 2.83. The monoisotopic (exact) mass is 250 g/mol. The van der Waals surface area contributed by atoms with E-state index in [2.05, 4.69) is 0 Å². The minimum absolute atomic E-state index is 0.118. The Bertz CT molecular complexity index is 451. The molecule has 0 unspecified atom stereocenters. The number of carbonyl (C=O) groups is 1. The maximum Gasteiger partial charge on any atom is 0.255 e. The second kappa shape index (κ2) is 6.27. The number of hydrogen-bond donors (Lipinski definition) is 0. The van der Waals surface area contributed by atoms with Gasteiger partial charge in [0.15, 0.2) is 0 Å². The van der Waals surface area contributed by atoms with Gasteiger partial charge in [-0.25, -0.2) is 0 Å². The highest BCUT2D eigenvalue weighted by molar-refractivity contribution is 6.33. The zero-order valence-electron chi connectivity index (χ0n) is 10.0. The first-order chi connectivity index (χ1) is 8.10. The molecule has 0 aliphatic heterocycles. The van der Waals surface area contributed by atoms with Crippen LogP contribution in [0, 0.1) is 18.3 Å². The van der Waals surface area contributed by atoms with Crippen molar-refractivity contribution in [1.29, 1.82) is 5.26 Å². The van der Waals surface area contributed by atoms with Crippen LogP contribution in [0.25, 0.3) is 0 Å². The van der Waals surface area contributed by atoms with Crippen molar-refractivity contribution < 1.29 is 4.79 Å². The first-order valence-electron chi connectivity index (χ1n) is 5.52. The Hall–Kier alpha value is -1.53. The molecule has 0 spiro atoms. The summed E-state index contributed by atoms with van der Waals surface area (Å²) >= 11 is 6.05. The Labute approximate surface area is 107 Å². The molecule has 4 heteroatoms. The summed E-state index contributed by atoms with van der Waals surface area (Å²) in [5.41, 5.74) is 1.52. The van der Waals surface area contributed by atoms with Gasteiger partial charge in [-0.05, 0) is 31.5 Å². The lowest BCUT2D eigenvalue weighted by molar-refractivity contribution is 0.0768. The van der Waals surface area contributed by atoms with Crippen LogP contribution in [0.3, 0.4) is 0 Å². The van der Waals surface area contributed by atoms with Gasteiger partial charge in [-0.3, -0.25) is 4.79 Å². The second-order valence-corrected chi connectivity index (χ2v) is 4.18. The molecule has 1 aromatic carbocycles. The largest absolute Gasteiger partial charge is 0.338 e. The lowest BCUT2D eigenvalue weighted by atomic mass is 10.1. The predicted molar refractivity (Wildman–Crippen MR) is 68.0 cm³/mol. The average Bonchev–Trinajstić information content (AvgIpc) is 2.29. The standard InChI is InChI=1S/C13H15ClN2O/c1-3-16(8-4-7-15)13(17)11-6-5-10(2)9-12(11)14/h5-6,9H,3-4,8H2,1-2H3. The Morgan fingerprint density at radius 1 is 1.53 bits per heavy atom. The van der Waals surface area contributed by atoms with E-state index in [-0.39, 0.29) is 5.91 Å². The fraction of sp³-hybridized carbons (Fsp3) is 0.385. The average molecular weight is 251 g/mol. The van der Waals surface area contributed by atoms with Gasteiger partial charge < -0.3 is 4.90 Å². The molecule has 17 heavy (non-hydrogen) atoms. The van der Waals surface area contributed by atoms with Crippen LogP contribution in [0.4, 0.5) is 0 Å². The second-order valence-electron chi connectivity index (χ2n) is 3.78. The van der Waals surface area contributed by atoms with Crippen molar-refractivity contribution >= 4 is 17.5 Å². The first kappa shape index (κ1) is 13.5. The van der Waals surface area contributed by atoms with E-state index in [4.69, 9.17) is 16.9 Å². The Morgan fingerprint density at radius 2 is 2.24 bits per heavy atom. The van der Waals surface area contributed by atoms with E-state index in [0.29, 0.717) is 30.1 Å². The van der Waals surface area contributed by atoms with Crippen molar-refractivity contribution in [3.63, 3.8) is 0 Å². The van der Waals surface area contributed by atoms with Crippen LogP contribution in [0.1, 0.15) is 29.3 Å². The maximum atomic E-state index is 12.1. The Balaban J connectivity index is 2.90. The zero-order chi connectivity index (χ0) is 12.8. The molecular weight excluding hydrogens is 236 g/mol. The molecule has 1 rings (SSSR count). The minimum atomic E-state index is -0.118. The normalized spacial score (nSPS) is 9.76. The molecule has 0 atom stereocenters. The van der Waals surface area contributed by atoms with E-state index in [9.17, 15) is 4.79 Å². The van der Waals surface area contributed by atoms with E-state index in [1.165, 1.54) is 0 Å². The highest BCUT2D eigenvalue weighted by Gasteiger charge is 2.16. The van der Waals surface area contributed by atoms with Crippen molar-refractivity contribution in [3.05, 3.63) is 34.3 Å². The van der Waals surface area contributed by atoms with Crippen molar-refractivity contribution in [2.24, 2.45) is 0 Å². The maximum absolute atomic E-state index is 12.1. The lowest BCUT2D eigenvalue weighted by Gasteiger charge is -2.20. The van der Waals surface area contributed by atoms with Gasteiger partial charge in [-0.15, -0.1) is 0 Å². The van der Waals surface area contributed by atoms with E-state index in [1.54, 1.807) is 17.0 Å². The number of nitrogens with zero attached hydrogens (tertiary/aromatic N) is 2. The summed E-state index contributed by atoms with van der Waals surface area (Å²) in [6.45, 7) is 4.82. The molecule has 0 bridgehead atoms.